The number of fused-ring (bicyclic) bond motifs is 1. The fraction of sp³-hybridized carbons (Fsp3) is 0.188. The van der Waals surface area contributed by atoms with Gasteiger partial charge in [-0.05, 0) is 30.3 Å². The molecule has 0 unspecified atom stereocenters. The summed E-state index contributed by atoms with van der Waals surface area (Å²) >= 11 is 2.16. The van der Waals surface area contributed by atoms with Gasteiger partial charge >= 0.3 is 0 Å². The van der Waals surface area contributed by atoms with Gasteiger partial charge in [0.2, 0.25) is 5.91 Å². The van der Waals surface area contributed by atoms with E-state index in [9.17, 15) is 14.0 Å². The van der Waals surface area contributed by atoms with Crippen molar-refractivity contribution in [1.82, 2.24) is 4.98 Å². The summed E-state index contributed by atoms with van der Waals surface area (Å²) in [6.07, 6.45) is 1.52. The third-order valence-corrected chi connectivity index (χ3v) is 5.00. The molecule has 124 valence electrons. The van der Waals surface area contributed by atoms with Gasteiger partial charge < -0.3 is 4.42 Å². The molecule has 0 bridgehead atoms. The monoisotopic (exact) mass is 364 g/mol. The van der Waals surface area contributed by atoms with Crippen LogP contribution in [0.3, 0.4) is 0 Å². The fourth-order valence-corrected chi connectivity index (χ4v) is 3.55. The molecule has 0 radical (unpaired) electrons. The first-order valence-electron chi connectivity index (χ1n) is 7.05. The number of benzene rings is 1. The van der Waals surface area contributed by atoms with E-state index in [0.717, 1.165) is 11.8 Å². The number of amides is 1. The highest BCUT2D eigenvalue weighted by atomic mass is 32.2. The molecule has 1 amide bonds. The first kappa shape index (κ1) is 16.7. The van der Waals surface area contributed by atoms with Crippen molar-refractivity contribution >= 4 is 49.5 Å². The maximum absolute atomic E-state index is 13.4. The average Bonchev–Trinajstić information content (AvgIpc) is 3.18. The first-order chi connectivity index (χ1) is 11.5. The molecule has 0 saturated heterocycles. The maximum Gasteiger partial charge on any atom is 0.239 e. The van der Waals surface area contributed by atoms with Gasteiger partial charge in [-0.3, -0.25) is 14.5 Å². The zero-order valence-electron chi connectivity index (χ0n) is 12.7. The van der Waals surface area contributed by atoms with Crippen LogP contribution in [0.25, 0.3) is 10.2 Å². The minimum Gasteiger partial charge on any atom is -0.467 e. The Kier molecular flexibility index (Phi) is 4.96. The average molecular weight is 364 g/mol. The molecule has 0 aliphatic carbocycles. The Labute approximate surface area is 145 Å². The van der Waals surface area contributed by atoms with Gasteiger partial charge in [0.05, 0.1) is 28.8 Å². The number of thioether (sulfide) groups is 1. The Balaban J connectivity index is 1.92. The molecule has 2 aromatic heterocycles. The van der Waals surface area contributed by atoms with Crippen LogP contribution < -0.4 is 4.90 Å². The van der Waals surface area contributed by atoms with E-state index >= 15 is 0 Å². The molecule has 5 nitrogen and oxygen atoms in total. The van der Waals surface area contributed by atoms with E-state index in [1.165, 1.54) is 41.6 Å². The lowest BCUT2D eigenvalue weighted by Crippen LogP contribution is -2.32. The maximum atomic E-state index is 13.4. The van der Waals surface area contributed by atoms with Crippen molar-refractivity contribution in [2.45, 2.75) is 13.5 Å². The summed E-state index contributed by atoms with van der Waals surface area (Å²) in [5.41, 5.74) is 0.618. The van der Waals surface area contributed by atoms with Crippen LogP contribution in [-0.2, 0) is 16.1 Å². The lowest BCUT2D eigenvalue weighted by Gasteiger charge is -2.18. The normalized spacial score (nSPS) is 10.9. The highest BCUT2D eigenvalue weighted by Crippen LogP contribution is 2.30. The molecule has 3 aromatic rings. The van der Waals surface area contributed by atoms with Crippen LogP contribution in [0.1, 0.15) is 12.7 Å². The molecule has 24 heavy (non-hydrogen) atoms. The summed E-state index contributed by atoms with van der Waals surface area (Å²) in [4.78, 5) is 29.5. The van der Waals surface area contributed by atoms with Crippen molar-refractivity contribution in [3.05, 3.63) is 48.2 Å². The van der Waals surface area contributed by atoms with Crippen LogP contribution >= 0.6 is 23.1 Å². The first-order valence-corrected chi connectivity index (χ1v) is 8.85. The van der Waals surface area contributed by atoms with E-state index in [-0.39, 0.29) is 29.1 Å². The quantitative estimate of drug-likeness (QED) is 0.688. The number of nitrogens with zero attached hydrogens (tertiary/aromatic N) is 2. The predicted octanol–water partition coefficient (Wildman–Crippen LogP) is 3.84. The number of furan rings is 1. The molecule has 3 rings (SSSR count). The van der Waals surface area contributed by atoms with Gasteiger partial charge in [-0.2, -0.15) is 0 Å². The van der Waals surface area contributed by atoms with Crippen LogP contribution in [0.4, 0.5) is 9.52 Å². The SMILES string of the molecule is CC(=O)SCC(=O)N(Cc1ccco1)c1nc2ccc(F)cc2s1. The number of hydrogen-bond acceptors (Lipinski definition) is 6. The molecule has 2 heterocycles. The van der Waals surface area contributed by atoms with Gasteiger partial charge in [0.15, 0.2) is 10.2 Å². The number of anilines is 1. The van der Waals surface area contributed by atoms with Gasteiger partial charge in [0, 0.05) is 6.92 Å². The summed E-state index contributed by atoms with van der Waals surface area (Å²) in [5, 5.41) is 0.314. The zero-order chi connectivity index (χ0) is 17.1. The Bertz CT molecular complexity index is 877. The third kappa shape index (κ3) is 3.82. The molecular formula is C16H13FN2O3S2. The third-order valence-electron chi connectivity index (χ3n) is 3.16. The molecule has 1 aromatic carbocycles. The van der Waals surface area contributed by atoms with Gasteiger partial charge in [-0.25, -0.2) is 9.37 Å². The topological polar surface area (TPSA) is 63.4 Å². The van der Waals surface area contributed by atoms with Crippen LogP contribution in [0, 0.1) is 5.82 Å². The number of carbonyl (C=O) groups excluding carboxylic acids is 2. The Morgan fingerprint density at radius 1 is 1.38 bits per heavy atom. The Morgan fingerprint density at radius 2 is 2.21 bits per heavy atom. The summed E-state index contributed by atoms with van der Waals surface area (Å²) in [6, 6.07) is 7.78. The van der Waals surface area contributed by atoms with Gasteiger partial charge in [0.25, 0.3) is 0 Å². The number of hydrogen-bond donors (Lipinski definition) is 0. The van der Waals surface area contributed by atoms with E-state index in [4.69, 9.17) is 4.42 Å². The molecule has 0 spiro atoms. The standard InChI is InChI=1S/C16H13FN2O3S2/c1-10(20)23-9-15(21)19(8-12-3-2-6-22-12)16-18-13-5-4-11(17)7-14(13)24-16/h2-7H,8-9H2,1H3. The molecule has 0 fully saturated rings. The van der Waals surface area contributed by atoms with Crippen molar-refractivity contribution in [1.29, 1.82) is 0 Å². The van der Waals surface area contributed by atoms with Crippen molar-refractivity contribution < 1.29 is 18.4 Å². The summed E-state index contributed by atoms with van der Waals surface area (Å²) in [6.45, 7) is 1.61. The molecule has 0 atom stereocenters. The summed E-state index contributed by atoms with van der Waals surface area (Å²) in [5.74, 6) is 0.00170. The molecule has 0 aliphatic heterocycles. The minimum atomic E-state index is -0.353. The molecule has 0 saturated carbocycles. The largest absolute Gasteiger partial charge is 0.467 e. The molecule has 0 aliphatic rings. The number of thiazole rings is 1. The highest BCUT2D eigenvalue weighted by Gasteiger charge is 2.22. The lowest BCUT2D eigenvalue weighted by molar-refractivity contribution is -0.116. The van der Waals surface area contributed by atoms with Crippen LogP contribution in [0.15, 0.2) is 41.0 Å². The second-order valence-corrected chi connectivity index (χ2v) is 7.11. The fourth-order valence-electron chi connectivity index (χ4n) is 2.06. The Hall–Kier alpha value is -2.19. The number of rotatable bonds is 5. The molecule has 8 heteroatoms. The smallest absolute Gasteiger partial charge is 0.239 e. The summed E-state index contributed by atoms with van der Waals surface area (Å²) in [7, 11) is 0. The van der Waals surface area contributed by atoms with E-state index in [0.29, 0.717) is 21.1 Å². The van der Waals surface area contributed by atoms with Crippen LogP contribution in [0.2, 0.25) is 0 Å². The van der Waals surface area contributed by atoms with E-state index < -0.39 is 0 Å². The second-order valence-electron chi connectivity index (χ2n) is 4.95. The van der Waals surface area contributed by atoms with Crippen LogP contribution in [0.5, 0.6) is 0 Å². The number of halogens is 1. The van der Waals surface area contributed by atoms with Crippen molar-refractivity contribution in [2.75, 3.05) is 10.7 Å². The van der Waals surface area contributed by atoms with Gasteiger partial charge in [0.1, 0.15) is 11.6 Å². The highest BCUT2D eigenvalue weighted by molar-refractivity contribution is 8.14. The second kappa shape index (κ2) is 7.14. The van der Waals surface area contributed by atoms with Crippen molar-refractivity contribution in [3.63, 3.8) is 0 Å². The number of carbonyl (C=O) groups is 2. The van der Waals surface area contributed by atoms with Crippen molar-refractivity contribution in [3.8, 4) is 0 Å². The van der Waals surface area contributed by atoms with E-state index in [1.54, 1.807) is 18.2 Å². The lowest BCUT2D eigenvalue weighted by atomic mass is 10.3. The molecule has 0 N–H and O–H groups in total. The van der Waals surface area contributed by atoms with Gasteiger partial charge in [-0.1, -0.05) is 23.1 Å². The van der Waals surface area contributed by atoms with Crippen molar-refractivity contribution in [2.24, 2.45) is 0 Å². The Morgan fingerprint density at radius 3 is 2.92 bits per heavy atom. The van der Waals surface area contributed by atoms with E-state index in [1.807, 2.05) is 0 Å². The zero-order valence-corrected chi connectivity index (χ0v) is 14.3. The molecular weight excluding hydrogens is 351 g/mol. The summed E-state index contributed by atoms with van der Waals surface area (Å²) < 4.78 is 19.3. The van der Waals surface area contributed by atoms with E-state index in [2.05, 4.69) is 4.98 Å². The number of aromatic nitrogens is 1. The predicted molar refractivity (Wildman–Crippen MR) is 92.6 cm³/mol. The van der Waals surface area contributed by atoms with Crippen LogP contribution in [-0.4, -0.2) is 21.8 Å². The van der Waals surface area contributed by atoms with Gasteiger partial charge in [-0.15, -0.1) is 0 Å². The minimum absolute atomic E-state index is 0.0142.